The average Bonchev–Trinajstić information content (AvgIpc) is 2.36. The molecule has 19 heavy (non-hydrogen) atoms. The normalized spacial score (nSPS) is 19.0. The van der Waals surface area contributed by atoms with Crippen molar-refractivity contribution in [3.05, 3.63) is 35.4 Å². The fraction of sp³-hybridized carbons (Fsp3) is 0.533. The zero-order valence-electron chi connectivity index (χ0n) is 11.6. The second-order valence-electron chi connectivity index (χ2n) is 5.35. The molecule has 106 valence electrons. The highest BCUT2D eigenvalue weighted by atomic mass is 35.5. The van der Waals surface area contributed by atoms with Gasteiger partial charge in [-0.3, -0.25) is 4.79 Å². The van der Waals surface area contributed by atoms with Gasteiger partial charge in [-0.25, -0.2) is 0 Å². The van der Waals surface area contributed by atoms with Crippen LogP contribution in [0.2, 0.25) is 0 Å². The Hall–Kier alpha value is -1.06. The predicted octanol–water partition coefficient (Wildman–Crippen LogP) is 2.16. The summed E-state index contributed by atoms with van der Waals surface area (Å²) in [5.74, 6) is 0.161. The van der Waals surface area contributed by atoms with Crippen LogP contribution >= 0.6 is 12.4 Å². The standard InChI is InChI=1S/C15H22N2O.ClH/c1-11(16)9-15(18)17(2)14-8-7-12-5-3-4-6-13(12)10-14;/h3-6,11,14H,7-10,16H2,1-2H3;1H. The molecule has 0 spiro atoms. The molecule has 0 radical (unpaired) electrons. The van der Waals surface area contributed by atoms with Gasteiger partial charge in [0.1, 0.15) is 0 Å². The van der Waals surface area contributed by atoms with Crippen LogP contribution in [0.1, 0.15) is 30.9 Å². The Morgan fingerprint density at radius 2 is 2.05 bits per heavy atom. The number of likely N-dealkylation sites (N-methyl/N-ethyl adjacent to an activating group) is 1. The molecule has 2 atom stereocenters. The summed E-state index contributed by atoms with van der Waals surface area (Å²) in [7, 11) is 1.91. The van der Waals surface area contributed by atoms with E-state index in [1.54, 1.807) is 0 Å². The molecule has 0 saturated heterocycles. The topological polar surface area (TPSA) is 46.3 Å². The summed E-state index contributed by atoms with van der Waals surface area (Å²) in [5, 5.41) is 0. The number of benzene rings is 1. The van der Waals surface area contributed by atoms with Crippen LogP contribution in [0.3, 0.4) is 0 Å². The van der Waals surface area contributed by atoms with Gasteiger partial charge >= 0.3 is 0 Å². The van der Waals surface area contributed by atoms with Crippen molar-refractivity contribution in [1.82, 2.24) is 4.90 Å². The van der Waals surface area contributed by atoms with E-state index < -0.39 is 0 Å². The average molecular weight is 283 g/mol. The number of halogens is 1. The third kappa shape index (κ3) is 3.95. The second kappa shape index (κ2) is 6.92. The highest BCUT2D eigenvalue weighted by Crippen LogP contribution is 2.24. The van der Waals surface area contributed by atoms with Gasteiger partial charge < -0.3 is 10.6 Å². The van der Waals surface area contributed by atoms with Crippen molar-refractivity contribution < 1.29 is 4.79 Å². The van der Waals surface area contributed by atoms with Gasteiger partial charge in [-0.1, -0.05) is 24.3 Å². The molecule has 0 heterocycles. The van der Waals surface area contributed by atoms with E-state index in [1.165, 1.54) is 11.1 Å². The lowest BCUT2D eigenvalue weighted by Crippen LogP contribution is -2.42. The Morgan fingerprint density at radius 3 is 2.68 bits per heavy atom. The SMILES string of the molecule is CC(N)CC(=O)N(C)C1CCc2ccccc2C1.Cl. The minimum atomic E-state index is -0.0594. The van der Waals surface area contributed by atoms with Crippen LogP contribution in [-0.2, 0) is 17.6 Å². The Bertz CT molecular complexity index is 434. The van der Waals surface area contributed by atoms with Crippen molar-refractivity contribution >= 4 is 18.3 Å². The summed E-state index contributed by atoms with van der Waals surface area (Å²) < 4.78 is 0. The molecule has 0 saturated carbocycles. The number of rotatable bonds is 3. The van der Waals surface area contributed by atoms with Gasteiger partial charge in [-0.15, -0.1) is 12.4 Å². The van der Waals surface area contributed by atoms with E-state index >= 15 is 0 Å². The van der Waals surface area contributed by atoms with Crippen LogP contribution in [0.25, 0.3) is 0 Å². The minimum absolute atomic E-state index is 0. The first-order chi connectivity index (χ1) is 8.58. The van der Waals surface area contributed by atoms with E-state index in [2.05, 4.69) is 24.3 Å². The van der Waals surface area contributed by atoms with E-state index in [9.17, 15) is 4.79 Å². The number of hydrogen-bond acceptors (Lipinski definition) is 2. The Morgan fingerprint density at radius 1 is 1.42 bits per heavy atom. The van der Waals surface area contributed by atoms with Gasteiger partial charge in [0, 0.05) is 25.6 Å². The number of nitrogens with two attached hydrogens (primary N) is 1. The maximum absolute atomic E-state index is 12.0. The van der Waals surface area contributed by atoms with E-state index in [0.717, 1.165) is 19.3 Å². The predicted molar refractivity (Wildman–Crippen MR) is 80.5 cm³/mol. The van der Waals surface area contributed by atoms with Crippen molar-refractivity contribution in [2.24, 2.45) is 5.73 Å². The van der Waals surface area contributed by atoms with Crippen molar-refractivity contribution in [2.45, 2.75) is 44.7 Å². The van der Waals surface area contributed by atoms with Gasteiger partial charge in [-0.2, -0.15) is 0 Å². The van der Waals surface area contributed by atoms with Gasteiger partial charge in [-0.05, 0) is 37.3 Å². The molecule has 0 fully saturated rings. The van der Waals surface area contributed by atoms with E-state index in [0.29, 0.717) is 12.5 Å². The molecule has 1 aliphatic carbocycles. The Balaban J connectivity index is 0.00000180. The summed E-state index contributed by atoms with van der Waals surface area (Å²) in [5.41, 5.74) is 8.51. The van der Waals surface area contributed by atoms with Crippen LogP contribution < -0.4 is 5.73 Å². The Labute approximate surface area is 121 Å². The number of nitrogens with zero attached hydrogens (tertiary/aromatic N) is 1. The van der Waals surface area contributed by atoms with Gasteiger partial charge in [0.25, 0.3) is 0 Å². The Kier molecular flexibility index (Phi) is 5.83. The molecule has 2 rings (SSSR count). The molecular weight excluding hydrogens is 260 g/mol. The molecular formula is C15H23ClN2O. The quantitative estimate of drug-likeness (QED) is 0.923. The summed E-state index contributed by atoms with van der Waals surface area (Å²) in [6.45, 7) is 1.88. The van der Waals surface area contributed by atoms with Crippen molar-refractivity contribution in [3.63, 3.8) is 0 Å². The lowest BCUT2D eigenvalue weighted by atomic mass is 9.87. The van der Waals surface area contributed by atoms with Gasteiger partial charge in [0.05, 0.1) is 0 Å². The van der Waals surface area contributed by atoms with E-state index in [1.807, 2.05) is 18.9 Å². The number of amides is 1. The van der Waals surface area contributed by atoms with Crippen LogP contribution in [0.4, 0.5) is 0 Å². The highest BCUT2D eigenvalue weighted by Gasteiger charge is 2.24. The maximum atomic E-state index is 12.0. The number of aryl methyl sites for hydroxylation is 1. The van der Waals surface area contributed by atoms with E-state index in [4.69, 9.17) is 5.73 Å². The summed E-state index contributed by atoms with van der Waals surface area (Å²) in [6.07, 6.45) is 3.53. The second-order valence-corrected chi connectivity index (χ2v) is 5.35. The molecule has 0 aliphatic heterocycles. The van der Waals surface area contributed by atoms with Crippen LogP contribution in [0, 0.1) is 0 Å². The molecule has 4 heteroatoms. The summed E-state index contributed by atoms with van der Waals surface area (Å²) >= 11 is 0. The minimum Gasteiger partial charge on any atom is -0.342 e. The molecule has 0 bridgehead atoms. The third-order valence-corrected chi connectivity index (χ3v) is 3.76. The van der Waals surface area contributed by atoms with Gasteiger partial charge in [0.15, 0.2) is 0 Å². The van der Waals surface area contributed by atoms with Crippen molar-refractivity contribution in [2.75, 3.05) is 7.05 Å². The van der Waals surface area contributed by atoms with Crippen molar-refractivity contribution in [3.8, 4) is 0 Å². The first-order valence-corrected chi connectivity index (χ1v) is 6.66. The van der Waals surface area contributed by atoms with Crippen LogP contribution in [0.5, 0.6) is 0 Å². The number of hydrogen-bond donors (Lipinski definition) is 1. The molecule has 1 aromatic rings. The highest BCUT2D eigenvalue weighted by molar-refractivity contribution is 5.85. The van der Waals surface area contributed by atoms with Gasteiger partial charge in [0.2, 0.25) is 5.91 Å². The molecule has 2 unspecified atom stereocenters. The summed E-state index contributed by atoms with van der Waals surface area (Å²) in [4.78, 5) is 13.9. The lowest BCUT2D eigenvalue weighted by molar-refractivity contribution is -0.132. The molecule has 1 amide bonds. The number of carbonyl (C=O) groups is 1. The van der Waals surface area contributed by atoms with Crippen LogP contribution in [-0.4, -0.2) is 29.9 Å². The third-order valence-electron chi connectivity index (χ3n) is 3.76. The summed E-state index contributed by atoms with van der Waals surface area (Å²) in [6, 6.07) is 8.79. The maximum Gasteiger partial charge on any atom is 0.224 e. The molecule has 3 nitrogen and oxygen atoms in total. The zero-order valence-corrected chi connectivity index (χ0v) is 12.5. The molecule has 2 N–H and O–H groups in total. The first kappa shape index (κ1) is 16.0. The molecule has 1 aromatic carbocycles. The van der Waals surface area contributed by atoms with Crippen molar-refractivity contribution in [1.29, 1.82) is 0 Å². The first-order valence-electron chi connectivity index (χ1n) is 6.66. The zero-order chi connectivity index (χ0) is 13.1. The monoisotopic (exact) mass is 282 g/mol. The van der Waals surface area contributed by atoms with E-state index in [-0.39, 0.29) is 24.4 Å². The van der Waals surface area contributed by atoms with Crippen LogP contribution in [0.15, 0.2) is 24.3 Å². The number of carbonyl (C=O) groups excluding carboxylic acids is 1. The smallest absolute Gasteiger partial charge is 0.224 e. The molecule has 0 aromatic heterocycles. The number of fused-ring (bicyclic) bond motifs is 1. The largest absolute Gasteiger partial charge is 0.342 e. The molecule has 1 aliphatic rings. The fourth-order valence-corrected chi connectivity index (χ4v) is 2.63. The fourth-order valence-electron chi connectivity index (χ4n) is 2.63. The lowest BCUT2D eigenvalue weighted by Gasteiger charge is -2.33.